The standard InChI is InChI=1S/C35H58N2O8/c1-9-43-28(31(5,6)42)20-16-19(2)25-26(44-20)27(40)35(36)22-11-10-21-30(3,4)23(45-29(41)37(8)17-24(38)39)12-13-33(21)18-34(22,33)15-14-32(25,35)7/h19-23,25-28,40,42H,9-18,36H2,1-8H3,(H,38,39)/t19-,20+,21+,22?,23+,25+,26?,27+,28+,32-,33-,34+,35+/m1/s1. The van der Waals surface area contributed by atoms with Gasteiger partial charge in [-0.25, -0.2) is 4.79 Å². The van der Waals surface area contributed by atoms with Gasteiger partial charge in [-0.05, 0) is 112 Å². The summed E-state index contributed by atoms with van der Waals surface area (Å²) in [7, 11) is 1.47. The van der Waals surface area contributed by atoms with Crippen molar-refractivity contribution < 1.29 is 39.1 Å². The number of rotatable bonds is 7. The molecule has 5 aliphatic carbocycles. The molecule has 1 heterocycles. The van der Waals surface area contributed by atoms with Crippen molar-refractivity contribution in [1.29, 1.82) is 0 Å². The zero-order chi connectivity index (χ0) is 33.1. The Balaban J connectivity index is 1.26. The first-order chi connectivity index (χ1) is 20.8. The van der Waals surface area contributed by atoms with Crippen LogP contribution in [0.4, 0.5) is 4.79 Å². The van der Waals surface area contributed by atoms with Gasteiger partial charge in [-0.2, -0.15) is 0 Å². The minimum atomic E-state index is -1.08. The van der Waals surface area contributed by atoms with Gasteiger partial charge in [0.1, 0.15) is 18.8 Å². The van der Waals surface area contributed by atoms with Crippen LogP contribution in [0.5, 0.6) is 0 Å². The molecule has 6 fully saturated rings. The minimum absolute atomic E-state index is 0.0502. The summed E-state index contributed by atoms with van der Waals surface area (Å²) in [6.07, 6.45) is 4.55. The average Bonchev–Trinajstić information content (AvgIpc) is 3.56. The summed E-state index contributed by atoms with van der Waals surface area (Å²) in [4.78, 5) is 25.1. The molecule has 0 aromatic carbocycles. The van der Waals surface area contributed by atoms with Crippen molar-refractivity contribution in [3.63, 3.8) is 0 Å². The Morgan fingerprint density at radius 1 is 1.09 bits per heavy atom. The third kappa shape index (κ3) is 4.44. The smallest absolute Gasteiger partial charge is 0.410 e. The summed E-state index contributed by atoms with van der Waals surface area (Å²) in [5.74, 6) is -0.166. The number of fused-ring (bicyclic) bond motifs is 4. The van der Waals surface area contributed by atoms with Crippen molar-refractivity contribution in [1.82, 2.24) is 4.90 Å². The van der Waals surface area contributed by atoms with Crippen molar-refractivity contribution in [3.05, 3.63) is 0 Å². The fourth-order valence-corrected chi connectivity index (χ4v) is 12.8. The predicted molar refractivity (Wildman–Crippen MR) is 167 cm³/mol. The van der Waals surface area contributed by atoms with E-state index < -0.39 is 41.5 Å². The zero-order valence-electron chi connectivity index (χ0n) is 28.7. The second-order valence-electron chi connectivity index (χ2n) is 17.4. The molecule has 1 saturated heterocycles. The Morgan fingerprint density at radius 2 is 1.73 bits per heavy atom. The number of ether oxygens (including phenoxy) is 3. The zero-order valence-corrected chi connectivity index (χ0v) is 28.7. The number of carboxylic acids is 1. The first-order valence-electron chi connectivity index (χ1n) is 17.4. The lowest BCUT2D eigenvalue weighted by atomic mass is 9.43. The van der Waals surface area contributed by atoms with Crippen LogP contribution < -0.4 is 5.73 Å². The van der Waals surface area contributed by atoms with Gasteiger partial charge < -0.3 is 40.2 Å². The Kier molecular flexibility index (Phi) is 7.82. The number of carboxylic acid groups (broad SMARTS) is 1. The lowest BCUT2D eigenvalue weighted by Crippen LogP contribution is -2.70. The van der Waals surface area contributed by atoms with Crippen LogP contribution in [-0.4, -0.2) is 94.1 Å². The molecule has 0 aromatic rings. The maximum Gasteiger partial charge on any atom is 0.410 e. The number of hydrogen-bond acceptors (Lipinski definition) is 8. The molecule has 5 saturated carbocycles. The number of amides is 1. The number of hydrogen-bond donors (Lipinski definition) is 4. The number of aliphatic hydroxyl groups is 2. The molecule has 45 heavy (non-hydrogen) atoms. The molecule has 6 rings (SSSR count). The van der Waals surface area contributed by atoms with Crippen molar-refractivity contribution in [2.75, 3.05) is 20.2 Å². The van der Waals surface area contributed by atoms with Crippen LogP contribution in [0.25, 0.3) is 0 Å². The van der Waals surface area contributed by atoms with Crippen LogP contribution in [0.1, 0.15) is 99.8 Å². The molecule has 1 amide bonds. The van der Waals surface area contributed by atoms with Gasteiger partial charge in [-0.1, -0.05) is 27.7 Å². The van der Waals surface area contributed by atoms with Crippen LogP contribution in [0.2, 0.25) is 0 Å². The van der Waals surface area contributed by atoms with E-state index in [9.17, 15) is 19.8 Å². The fraction of sp³-hybridized carbons (Fsp3) is 0.943. The topological polar surface area (TPSA) is 152 Å². The second kappa shape index (κ2) is 10.5. The van der Waals surface area contributed by atoms with Crippen LogP contribution in [0.3, 0.4) is 0 Å². The number of carbonyl (C=O) groups is 2. The molecule has 0 bridgehead atoms. The summed E-state index contributed by atoms with van der Waals surface area (Å²) in [5.41, 5.74) is 5.45. The molecular formula is C35H58N2O8. The van der Waals surface area contributed by atoms with E-state index in [0.717, 1.165) is 56.3 Å². The molecule has 10 nitrogen and oxygen atoms in total. The van der Waals surface area contributed by atoms with Crippen LogP contribution in [0.15, 0.2) is 0 Å². The summed E-state index contributed by atoms with van der Waals surface area (Å²) < 4.78 is 18.9. The fourth-order valence-electron chi connectivity index (χ4n) is 12.8. The Hall–Kier alpha value is -1.46. The highest BCUT2D eigenvalue weighted by atomic mass is 16.6. The van der Waals surface area contributed by atoms with Gasteiger partial charge in [0.2, 0.25) is 0 Å². The van der Waals surface area contributed by atoms with E-state index in [0.29, 0.717) is 12.5 Å². The molecule has 256 valence electrons. The number of likely N-dealkylation sites (N-methyl/N-ethyl adjacent to an activating group) is 1. The minimum Gasteiger partial charge on any atom is -0.480 e. The van der Waals surface area contributed by atoms with E-state index in [4.69, 9.17) is 25.1 Å². The van der Waals surface area contributed by atoms with Crippen molar-refractivity contribution in [3.8, 4) is 0 Å². The second-order valence-corrected chi connectivity index (χ2v) is 17.4. The number of aliphatic carboxylic acids is 1. The first kappa shape index (κ1) is 33.4. The van der Waals surface area contributed by atoms with Crippen LogP contribution in [0, 0.1) is 45.3 Å². The molecule has 0 radical (unpaired) electrons. The molecule has 13 atom stereocenters. The van der Waals surface area contributed by atoms with Gasteiger partial charge >= 0.3 is 12.1 Å². The van der Waals surface area contributed by atoms with E-state index >= 15 is 0 Å². The SMILES string of the molecule is CCO[C@@H]([C@@H]1C[C@@H](C)[C@H]2C(O1)[C@H](O)[C@@]1(N)C3CC[C@H]4C(C)(C)[C@@H](OC(=O)N(C)CC(=O)O)CC[C@@]45C[C@@]35CC[C@]21C)C(C)(C)O. The molecule has 1 aliphatic heterocycles. The molecule has 5 N–H and O–H groups in total. The van der Waals surface area contributed by atoms with Crippen molar-refractivity contribution in [2.24, 2.45) is 51.1 Å². The number of nitrogens with two attached hydrogens (primary N) is 1. The Morgan fingerprint density at radius 3 is 2.36 bits per heavy atom. The highest BCUT2D eigenvalue weighted by Gasteiger charge is 2.85. The summed E-state index contributed by atoms with van der Waals surface area (Å²) in [5, 5.41) is 32.5. The van der Waals surface area contributed by atoms with E-state index in [2.05, 4.69) is 27.7 Å². The van der Waals surface area contributed by atoms with Gasteiger partial charge in [-0.3, -0.25) is 4.79 Å². The third-order valence-corrected chi connectivity index (χ3v) is 14.6. The average molecular weight is 635 g/mol. The molecule has 0 aromatic heterocycles. The number of carbonyl (C=O) groups excluding carboxylic acids is 1. The van der Waals surface area contributed by atoms with Gasteiger partial charge in [0.25, 0.3) is 0 Å². The summed E-state index contributed by atoms with van der Waals surface area (Å²) >= 11 is 0. The van der Waals surface area contributed by atoms with Gasteiger partial charge in [0, 0.05) is 19.1 Å². The quantitative estimate of drug-likeness (QED) is 0.323. The maximum atomic E-state index is 12.8. The molecule has 2 spiro atoms. The summed E-state index contributed by atoms with van der Waals surface area (Å²) in [6.45, 7) is 14.6. The largest absolute Gasteiger partial charge is 0.480 e. The number of nitrogens with zero attached hydrogens (tertiary/aromatic N) is 1. The van der Waals surface area contributed by atoms with E-state index in [-0.39, 0.29) is 58.2 Å². The Bertz CT molecular complexity index is 1200. The molecule has 2 unspecified atom stereocenters. The van der Waals surface area contributed by atoms with Gasteiger partial charge in [0.05, 0.1) is 29.5 Å². The lowest BCUT2D eigenvalue weighted by molar-refractivity contribution is -0.214. The molecular weight excluding hydrogens is 576 g/mol. The number of aliphatic hydroxyl groups excluding tert-OH is 1. The summed E-state index contributed by atoms with van der Waals surface area (Å²) in [6, 6.07) is 0. The lowest BCUT2D eigenvalue weighted by Gasteiger charge is -2.63. The van der Waals surface area contributed by atoms with Crippen LogP contribution in [-0.2, 0) is 19.0 Å². The third-order valence-electron chi connectivity index (χ3n) is 14.6. The first-order valence-corrected chi connectivity index (χ1v) is 17.4. The van der Waals surface area contributed by atoms with E-state index in [1.807, 2.05) is 6.92 Å². The predicted octanol–water partition coefficient (Wildman–Crippen LogP) is 4.19. The van der Waals surface area contributed by atoms with Crippen molar-refractivity contribution in [2.45, 2.75) is 141 Å². The van der Waals surface area contributed by atoms with E-state index in [1.165, 1.54) is 7.05 Å². The van der Waals surface area contributed by atoms with Gasteiger partial charge in [0.15, 0.2) is 0 Å². The monoisotopic (exact) mass is 634 g/mol. The van der Waals surface area contributed by atoms with Crippen LogP contribution >= 0.6 is 0 Å². The normalized spacial score (nSPS) is 48.5. The highest BCUT2D eigenvalue weighted by Crippen LogP contribution is 2.87. The van der Waals surface area contributed by atoms with Crippen molar-refractivity contribution >= 4 is 12.1 Å². The maximum absolute atomic E-state index is 12.8. The van der Waals surface area contributed by atoms with Gasteiger partial charge in [-0.15, -0.1) is 0 Å². The molecule has 10 heteroatoms. The molecule has 6 aliphatic rings. The van der Waals surface area contributed by atoms with E-state index in [1.54, 1.807) is 13.8 Å². The highest BCUT2D eigenvalue weighted by molar-refractivity contribution is 5.76. The Labute approximate surface area is 268 Å².